The molecule has 1 unspecified atom stereocenters. The Bertz CT molecular complexity index is 490. The number of nitrogens with one attached hydrogen (secondary N) is 1. The second-order valence-electron chi connectivity index (χ2n) is 3.69. The molecule has 0 bridgehead atoms. The molecule has 0 aliphatic heterocycles. The summed E-state index contributed by atoms with van der Waals surface area (Å²) in [4.78, 5) is -0.290. The molecule has 0 heterocycles. The molecule has 1 atom stereocenters. The van der Waals surface area contributed by atoms with Crippen molar-refractivity contribution in [3.8, 4) is 0 Å². The van der Waals surface area contributed by atoms with Crippen LogP contribution in [0.3, 0.4) is 0 Å². The van der Waals surface area contributed by atoms with E-state index in [1.54, 1.807) is 6.92 Å². The molecule has 1 rings (SSSR count). The molecule has 7 heteroatoms. The molecular weight excluding hydrogens is 247 g/mol. The maximum absolute atomic E-state index is 13.1. The zero-order valence-electron chi connectivity index (χ0n) is 9.35. The fourth-order valence-electron chi connectivity index (χ4n) is 1.33. The fourth-order valence-corrected chi connectivity index (χ4v) is 2.75. The molecule has 0 saturated heterocycles. The Hall–Kier alpha value is -1.18. The molecule has 0 spiro atoms. The molecule has 0 aliphatic rings. The summed E-state index contributed by atoms with van der Waals surface area (Å²) in [5, 5.41) is 8.68. The number of nitrogen functional groups attached to an aromatic ring is 1. The summed E-state index contributed by atoms with van der Waals surface area (Å²) in [6, 6.07) is 3.14. The van der Waals surface area contributed by atoms with Gasteiger partial charge in [-0.1, -0.05) is 6.07 Å². The number of benzene rings is 1. The first-order chi connectivity index (χ1) is 7.88. The number of hydrogen-bond donors (Lipinski definition) is 3. The highest BCUT2D eigenvalue weighted by Crippen LogP contribution is 2.21. The van der Waals surface area contributed by atoms with Crippen LogP contribution in [0.25, 0.3) is 0 Å². The molecule has 0 aliphatic carbocycles. The third-order valence-corrected chi connectivity index (χ3v) is 3.87. The van der Waals surface area contributed by atoms with Crippen molar-refractivity contribution in [3.05, 3.63) is 24.0 Å². The molecular formula is C10H15FN2O3S. The zero-order valence-corrected chi connectivity index (χ0v) is 10.2. The summed E-state index contributed by atoms with van der Waals surface area (Å²) in [6.07, 6.45) is 0.272. The van der Waals surface area contributed by atoms with E-state index in [0.717, 1.165) is 6.07 Å². The smallest absolute Gasteiger partial charge is 0.242 e. The fraction of sp³-hybridized carbons (Fsp3) is 0.400. The van der Waals surface area contributed by atoms with Crippen molar-refractivity contribution in [3.63, 3.8) is 0 Å². The van der Waals surface area contributed by atoms with Gasteiger partial charge in [-0.05, 0) is 25.5 Å². The highest BCUT2D eigenvalue weighted by molar-refractivity contribution is 7.89. The van der Waals surface area contributed by atoms with Gasteiger partial charge in [-0.25, -0.2) is 17.5 Å². The third-order valence-electron chi connectivity index (χ3n) is 2.22. The Morgan fingerprint density at radius 1 is 1.53 bits per heavy atom. The molecule has 0 radical (unpaired) electrons. The maximum atomic E-state index is 13.1. The number of hydrogen-bond acceptors (Lipinski definition) is 4. The van der Waals surface area contributed by atoms with Gasteiger partial charge in [-0.3, -0.25) is 0 Å². The standard InChI is InChI=1S/C10H15FN2O3S/c1-7(5-6-14)13-17(15,16)9-4-2-3-8(11)10(9)12/h2-4,7,13-14H,5-6,12H2,1H3. The lowest BCUT2D eigenvalue weighted by atomic mass is 10.3. The predicted octanol–water partition coefficient (Wildman–Crippen LogP) is 0.457. The average molecular weight is 262 g/mol. The van der Waals surface area contributed by atoms with Crippen molar-refractivity contribution < 1.29 is 17.9 Å². The number of rotatable bonds is 5. The van der Waals surface area contributed by atoms with Gasteiger partial charge in [0.15, 0.2) is 0 Å². The molecule has 0 amide bonds. The maximum Gasteiger partial charge on any atom is 0.242 e. The predicted molar refractivity (Wildman–Crippen MR) is 62.3 cm³/mol. The number of aliphatic hydroxyl groups is 1. The summed E-state index contributed by atoms with van der Waals surface area (Å²) >= 11 is 0. The van der Waals surface area contributed by atoms with Crippen LogP contribution in [0.5, 0.6) is 0 Å². The first kappa shape index (κ1) is 13.9. The van der Waals surface area contributed by atoms with Crippen LogP contribution in [0.15, 0.2) is 23.1 Å². The van der Waals surface area contributed by atoms with Crippen molar-refractivity contribution in [2.24, 2.45) is 0 Å². The molecule has 1 aromatic rings. The Kier molecular flexibility index (Phi) is 4.44. The van der Waals surface area contributed by atoms with Crippen LogP contribution in [-0.4, -0.2) is 26.2 Å². The Labute approximate surface area is 99.5 Å². The molecule has 0 aromatic heterocycles. The van der Waals surface area contributed by atoms with Crippen LogP contribution < -0.4 is 10.5 Å². The number of sulfonamides is 1. The van der Waals surface area contributed by atoms with Crippen LogP contribution in [0, 0.1) is 5.82 Å². The Morgan fingerprint density at radius 3 is 2.76 bits per heavy atom. The SMILES string of the molecule is CC(CCO)NS(=O)(=O)c1cccc(F)c1N. The lowest BCUT2D eigenvalue weighted by Crippen LogP contribution is -2.33. The minimum Gasteiger partial charge on any atom is -0.396 e. The summed E-state index contributed by atoms with van der Waals surface area (Å²) in [6.45, 7) is 1.46. The van der Waals surface area contributed by atoms with Gasteiger partial charge in [0.05, 0.1) is 5.69 Å². The minimum absolute atomic E-state index is 0.137. The van der Waals surface area contributed by atoms with Gasteiger partial charge in [0, 0.05) is 12.6 Å². The minimum atomic E-state index is -3.86. The van der Waals surface area contributed by atoms with Gasteiger partial charge < -0.3 is 10.8 Å². The Balaban J connectivity index is 3.02. The van der Waals surface area contributed by atoms with Crippen LogP contribution in [0.1, 0.15) is 13.3 Å². The van der Waals surface area contributed by atoms with E-state index in [1.165, 1.54) is 12.1 Å². The van der Waals surface area contributed by atoms with Crippen molar-refractivity contribution in [2.45, 2.75) is 24.3 Å². The van der Waals surface area contributed by atoms with Crippen LogP contribution in [-0.2, 0) is 10.0 Å². The van der Waals surface area contributed by atoms with Gasteiger partial charge in [0.2, 0.25) is 10.0 Å². The second kappa shape index (κ2) is 5.44. The number of para-hydroxylation sites is 1. The monoisotopic (exact) mass is 262 g/mol. The lowest BCUT2D eigenvalue weighted by molar-refractivity contribution is 0.275. The van der Waals surface area contributed by atoms with Crippen LogP contribution >= 0.6 is 0 Å². The highest BCUT2D eigenvalue weighted by atomic mass is 32.2. The normalized spacial score (nSPS) is 13.6. The third kappa shape index (κ3) is 3.39. The van der Waals surface area contributed by atoms with Gasteiger partial charge >= 0.3 is 0 Å². The van der Waals surface area contributed by atoms with Crippen molar-refractivity contribution >= 4 is 15.7 Å². The number of anilines is 1. The van der Waals surface area contributed by atoms with E-state index in [1.807, 2.05) is 0 Å². The number of halogens is 1. The quantitative estimate of drug-likeness (QED) is 0.672. The summed E-state index contributed by atoms with van der Waals surface area (Å²) in [5.41, 5.74) is 4.97. The largest absolute Gasteiger partial charge is 0.396 e. The molecule has 96 valence electrons. The number of aliphatic hydroxyl groups excluding tert-OH is 1. The molecule has 0 fully saturated rings. The van der Waals surface area contributed by atoms with Gasteiger partial charge in [-0.2, -0.15) is 0 Å². The molecule has 0 saturated carbocycles. The van der Waals surface area contributed by atoms with Gasteiger partial charge in [-0.15, -0.1) is 0 Å². The summed E-state index contributed by atoms with van der Waals surface area (Å²) in [5.74, 6) is -0.775. The van der Waals surface area contributed by atoms with E-state index in [9.17, 15) is 12.8 Å². The molecule has 5 nitrogen and oxygen atoms in total. The van der Waals surface area contributed by atoms with Crippen LogP contribution in [0.4, 0.5) is 10.1 Å². The summed E-state index contributed by atoms with van der Waals surface area (Å²) in [7, 11) is -3.86. The van der Waals surface area contributed by atoms with Crippen molar-refractivity contribution in [1.82, 2.24) is 4.72 Å². The lowest BCUT2D eigenvalue weighted by Gasteiger charge is -2.14. The van der Waals surface area contributed by atoms with Gasteiger partial charge in [0.25, 0.3) is 0 Å². The van der Waals surface area contributed by atoms with E-state index < -0.39 is 27.6 Å². The van der Waals surface area contributed by atoms with E-state index >= 15 is 0 Å². The topological polar surface area (TPSA) is 92.4 Å². The number of nitrogens with two attached hydrogens (primary N) is 1. The average Bonchev–Trinajstić information content (AvgIpc) is 2.21. The molecule has 4 N–H and O–H groups in total. The van der Waals surface area contributed by atoms with E-state index in [-0.39, 0.29) is 17.9 Å². The second-order valence-corrected chi connectivity index (χ2v) is 5.37. The van der Waals surface area contributed by atoms with E-state index in [0.29, 0.717) is 0 Å². The molecule has 1 aromatic carbocycles. The van der Waals surface area contributed by atoms with Gasteiger partial charge in [0.1, 0.15) is 10.7 Å². The first-order valence-corrected chi connectivity index (χ1v) is 6.54. The van der Waals surface area contributed by atoms with E-state index in [4.69, 9.17) is 10.8 Å². The molecule has 17 heavy (non-hydrogen) atoms. The van der Waals surface area contributed by atoms with E-state index in [2.05, 4.69) is 4.72 Å². The highest BCUT2D eigenvalue weighted by Gasteiger charge is 2.21. The van der Waals surface area contributed by atoms with Crippen molar-refractivity contribution in [2.75, 3.05) is 12.3 Å². The summed E-state index contributed by atoms with van der Waals surface area (Å²) < 4.78 is 39.1. The first-order valence-electron chi connectivity index (χ1n) is 5.05. The van der Waals surface area contributed by atoms with Crippen LogP contribution in [0.2, 0.25) is 0 Å². The van der Waals surface area contributed by atoms with Crippen molar-refractivity contribution in [1.29, 1.82) is 0 Å². The Morgan fingerprint density at radius 2 is 2.18 bits per heavy atom. The zero-order chi connectivity index (χ0) is 13.1.